The third kappa shape index (κ3) is 3.78. The molecule has 0 atom stereocenters. The molecule has 0 bridgehead atoms. The van der Waals surface area contributed by atoms with Crippen molar-refractivity contribution in [2.24, 2.45) is 0 Å². The van der Waals surface area contributed by atoms with E-state index < -0.39 is 0 Å². The van der Waals surface area contributed by atoms with E-state index in [1.165, 1.54) is 12.1 Å². The molecule has 0 aliphatic carbocycles. The molecule has 0 fully saturated rings. The lowest BCUT2D eigenvalue weighted by Crippen LogP contribution is -2.22. The summed E-state index contributed by atoms with van der Waals surface area (Å²) in [4.78, 5) is 0. The van der Waals surface area contributed by atoms with Gasteiger partial charge in [0.1, 0.15) is 5.82 Å². The van der Waals surface area contributed by atoms with Crippen LogP contribution in [0.4, 0.5) is 21.5 Å². The van der Waals surface area contributed by atoms with Gasteiger partial charge in [-0.05, 0) is 37.4 Å². The van der Waals surface area contributed by atoms with Gasteiger partial charge in [0.15, 0.2) is 0 Å². The summed E-state index contributed by atoms with van der Waals surface area (Å²) < 4.78 is 23.1. The van der Waals surface area contributed by atoms with Crippen molar-refractivity contribution < 1.29 is 9.13 Å². The molecule has 0 saturated heterocycles. The molecule has 0 spiro atoms. The molecule has 24 heavy (non-hydrogen) atoms. The van der Waals surface area contributed by atoms with E-state index in [1.54, 1.807) is 18.2 Å². The van der Waals surface area contributed by atoms with Crippen LogP contribution in [-0.2, 0) is 4.74 Å². The Hall–Kier alpha value is -1.47. The van der Waals surface area contributed by atoms with Crippen LogP contribution in [0, 0.1) is 5.82 Å². The van der Waals surface area contributed by atoms with Gasteiger partial charge in [0.25, 0.3) is 0 Å². The highest BCUT2D eigenvalue weighted by Crippen LogP contribution is 2.50. The molecule has 0 radical (unpaired) electrons. The van der Waals surface area contributed by atoms with Crippen LogP contribution < -0.4 is 13.9 Å². The van der Waals surface area contributed by atoms with Crippen LogP contribution in [0.2, 0.25) is 5.02 Å². The normalized spacial score (nSPS) is 13.5. The van der Waals surface area contributed by atoms with Crippen LogP contribution in [-0.4, -0.2) is 33.4 Å². The first-order chi connectivity index (χ1) is 11.7. The summed E-state index contributed by atoms with van der Waals surface area (Å²) in [6.45, 7) is 2.90. The number of halogens is 2. The van der Waals surface area contributed by atoms with Crippen molar-refractivity contribution in [3.63, 3.8) is 0 Å². The van der Waals surface area contributed by atoms with Gasteiger partial charge in [0.05, 0.1) is 54.0 Å². The van der Waals surface area contributed by atoms with Crippen molar-refractivity contribution in [1.82, 2.24) is 5.32 Å². The Bertz CT molecular complexity index is 703. The Morgan fingerprint density at radius 2 is 1.92 bits per heavy atom. The molecular formula is C17H19ClFN3OS. The van der Waals surface area contributed by atoms with E-state index in [2.05, 4.69) is 15.7 Å². The van der Waals surface area contributed by atoms with Crippen molar-refractivity contribution in [1.29, 1.82) is 0 Å². The number of hydrogen-bond acceptors (Lipinski definition) is 5. The molecule has 128 valence electrons. The Labute approximate surface area is 150 Å². The second-order valence-corrected chi connectivity index (χ2v) is 6.65. The first kappa shape index (κ1) is 17.4. The summed E-state index contributed by atoms with van der Waals surface area (Å²) in [6, 6.07) is 12.5. The minimum atomic E-state index is -0.337. The number of hydrogen-bond donors (Lipinski definition) is 1. The highest BCUT2D eigenvalue weighted by atomic mass is 35.5. The number of anilines is 3. The summed E-state index contributed by atoms with van der Waals surface area (Å²) in [7, 11) is 1.90. The molecule has 0 aromatic heterocycles. The van der Waals surface area contributed by atoms with E-state index in [4.69, 9.17) is 16.3 Å². The van der Waals surface area contributed by atoms with Gasteiger partial charge >= 0.3 is 0 Å². The van der Waals surface area contributed by atoms with E-state index in [1.807, 2.05) is 29.6 Å². The van der Waals surface area contributed by atoms with Crippen LogP contribution in [0.5, 0.6) is 0 Å². The third-order valence-corrected chi connectivity index (χ3v) is 5.05. The number of rotatable bonds is 7. The predicted molar refractivity (Wildman–Crippen MR) is 99.7 cm³/mol. The largest absolute Gasteiger partial charge is 0.378 e. The van der Waals surface area contributed by atoms with Gasteiger partial charge in [0, 0.05) is 6.54 Å². The van der Waals surface area contributed by atoms with Gasteiger partial charge in [0.2, 0.25) is 0 Å². The van der Waals surface area contributed by atoms with Gasteiger partial charge in [-0.3, -0.25) is 8.61 Å². The van der Waals surface area contributed by atoms with E-state index >= 15 is 0 Å². The minimum Gasteiger partial charge on any atom is -0.378 e. The number of nitrogens with zero attached hydrogens (tertiary/aromatic N) is 2. The fraction of sp³-hybridized carbons (Fsp3) is 0.294. The SMILES string of the molecule is CNCCOCCN1SN(c2ccc(F)cc2Cl)c2ccccc21. The summed E-state index contributed by atoms with van der Waals surface area (Å²) in [6.07, 6.45) is 0. The molecule has 0 unspecified atom stereocenters. The standard InChI is InChI=1S/C17H19ClFN3OS/c1-20-8-10-23-11-9-21-16-4-2-3-5-17(16)22(24-21)15-7-6-13(19)12-14(15)18/h2-7,12,20H,8-11H2,1H3. The second-order valence-electron chi connectivity index (χ2n) is 5.28. The molecule has 0 amide bonds. The molecule has 1 N–H and O–H groups in total. The molecule has 0 saturated carbocycles. The fourth-order valence-electron chi connectivity index (χ4n) is 2.44. The molecule has 1 heterocycles. The Morgan fingerprint density at radius 3 is 2.67 bits per heavy atom. The maximum absolute atomic E-state index is 13.3. The zero-order valence-corrected chi connectivity index (χ0v) is 14.9. The first-order valence-electron chi connectivity index (χ1n) is 7.73. The van der Waals surface area contributed by atoms with Crippen molar-refractivity contribution in [3.8, 4) is 0 Å². The lowest BCUT2D eigenvalue weighted by molar-refractivity contribution is 0.145. The number of fused-ring (bicyclic) bond motifs is 1. The average molecular weight is 368 g/mol. The molecule has 1 aliphatic heterocycles. The van der Waals surface area contributed by atoms with Crippen molar-refractivity contribution in [2.75, 3.05) is 42.0 Å². The molecule has 7 heteroatoms. The van der Waals surface area contributed by atoms with Crippen molar-refractivity contribution in [3.05, 3.63) is 53.3 Å². The number of likely N-dealkylation sites (N-methyl/N-ethyl adjacent to an activating group) is 1. The van der Waals surface area contributed by atoms with Crippen LogP contribution in [0.25, 0.3) is 0 Å². The lowest BCUT2D eigenvalue weighted by atomic mass is 10.2. The average Bonchev–Trinajstić information content (AvgIpc) is 2.94. The van der Waals surface area contributed by atoms with E-state index in [9.17, 15) is 4.39 Å². The maximum atomic E-state index is 13.3. The number of ether oxygens (including phenoxy) is 1. The zero-order valence-electron chi connectivity index (χ0n) is 13.3. The third-order valence-electron chi connectivity index (χ3n) is 3.61. The van der Waals surface area contributed by atoms with Crippen molar-refractivity contribution in [2.45, 2.75) is 0 Å². The smallest absolute Gasteiger partial charge is 0.124 e. The Kier molecular flexibility index (Phi) is 5.84. The summed E-state index contributed by atoms with van der Waals surface area (Å²) >= 11 is 7.78. The highest BCUT2D eigenvalue weighted by Gasteiger charge is 2.29. The summed E-state index contributed by atoms with van der Waals surface area (Å²) in [5.41, 5.74) is 2.90. The van der Waals surface area contributed by atoms with Gasteiger partial charge in [-0.25, -0.2) is 4.39 Å². The number of nitrogens with one attached hydrogen (secondary N) is 1. The quantitative estimate of drug-likeness (QED) is 0.583. The highest BCUT2D eigenvalue weighted by molar-refractivity contribution is 8.02. The zero-order chi connectivity index (χ0) is 16.9. The van der Waals surface area contributed by atoms with E-state index in [0.717, 1.165) is 30.2 Å². The summed E-state index contributed by atoms with van der Waals surface area (Å²) in [5.74, 6) is -0.337. The van der Waals surface area contributed by atoms with Gasteiger partial charge < -0.3 is 10.1 Å². The number of para-hydroxylation sites is 2. The molecule has 1 aliphatic rings. The van der Waals surface area contributed by atoms with Crippen LogP contribution >= 0.6 is 23.7 Å². The van der Waals surface area contributed by atoms with Crippen LogP contribution in [0.3, 0.4) is 0 Å². The van der Waals surface area contributed by atoms with Crippen LogP contribution in [0.1, 0.15) is 0 Å². The van der Waals surface area contributed by atoms with Crippen LogP contribution in [0.15, 0.2) is 42.5 Å². The Morgan fingerprint density at radius 1 is 1.12 bits per heavy atom. The molecular weight excluding hydrogens is 349 g/mol. The maximum Gasteiger partial charge on any atom is 0.124 e. The van der Waals surface area contributed by atoms with E-state index in [0.29, 0.717) is 18.2 Å². The Balaban J connectivity index is 1.76. The molecule has 2 aromatic carbocycles. The lowest BCUT2D eigenvalue weighted by Gasteiger charge is -2.20. The molecule has 3 rings (SSSR count). The fourth-order valence-corrected chi connectivity index (χ4v) is 3.83. The van der Waals surface area contributed by atoms with Gasteiger partial charge in [-0.2, -0.15) is 0 Å². The van der Waals surface area contributed by atoms with Gasteiger partial charge in [-0.15, -0.1) is 0 Å². The monoisotopic (exact) mass is 367 g/mol. The number of benzene rings is 2. The van der Waals surface area contributed by atoms with E-state index in [-0.39, 0.29) is 5.82 Å². The minimum absolute atomic E-state index is 0.337. The summed E-state index contributed by atoms with van der Waals surface area (Å²) in [5, 5.41) is 3.45. The topological polar surface area (TPSA) is 27.7 Å². The molecule has 2 aromatic rings. The predicted octanol–water partition coefficient (Wildman–Crippen LogP) is 4.24. The molecule has 4 nitrogen and oxygen atoms in total. The second kappa shape index (κ2) is 8.07. The van der Waals surface area contributed by atoms with Crippen molar-refractivity contribution >= 4 is 40.8 Å². The van der Waals surface area contributed by atoms with Gasteiger partial charge in [-0.1, -0.05) is 23.7 Å². The first-order valence-corrected chi connectivity index (χ1v) is 8.83.